The Labute approximate surface area is 182 Å². The van der Waals surface area contributed by atoms with Crippen LogP contribution in [0.4, 0.5) is 11.5 Å². The molecule has 0 unspecified atom stereocenters. The average Bonchev–Trinajstić information content (AvgIpc) is 3.23. The Morgan fingerprint density at radius 1 is 1.03 bits per heavy atom. The number of aromatic nitrogens is 2. The zero-order chi connectivity index (χ0) is 23.0. The van der Waals surface area contributed by atoms with E-state index >= 15 is 0 Å². The molecular formula is C22H19N5O5. The fourth-order valence-corrected chi connectivity index (χ4v) is 3.53. The molecule has 3 amide bonds. The summed E-state index contributed by atoms with van der Waals surface area (Å²) in [5, 5.41) is 17.9. The largest absolute Gasteiger partial charge is 0.311 e. The van der Waals surface area contributed by atoms with Gasteiger partial charge in [0.1, 0.15) is 5.82 Å². The van der Waals surface area contributed by atoms with Gasteiger partial charge in [0, 0.05) is 31.2 Å². The van der Waals surface area contributed by atoms with Crippen molar-refractivity contribution in [3.63, 3.8) is 0 Å². The van der Waals surface area contributed by atoms with Crippen molar-refractivity contribution in [1.82, 2.24) is 14.7 Å². The van der Waals surface area contributed by atoms with Crippen LogP contribution in [0.2, 0.25) is 0 Å². The number of carbonyl (C=O) groups excluding carboxylic acids is 3. The number of nitrogens with one attached hydrogen (secondary N) is 1. The maximum absolute atomic E-state index is 12.6. The lowest BCUT2D eigenvalue weighted by Crippen LogP contribution is -2.33. The maximum atomic E-state index is 12.6. The van der Waals surface area contributed by atoms with Gasteiger partial charge in [-0.05, 0) is 38.1 Å². The number of nitrogens with zero attached hydrogens (tertiary/aromatic N) is 4. The molecule has 2 aromatic carbocycles. The second-order valence-corrected chi connectivity index (χ2v) is 7.47. The predicted molar refractivity (Wildman–Crippen MR) is 115 cm³/mol. The summed E-state index contributed by atoms with van der Waals surface area (Å²) in [4.78, 5) is 49.1. The van der Waals surface area contributed by atoms with Crippen LogP contribution < -0.4 is 5.32 Å². The first kappa shape index (κ1) is 20.9. The van der Waals surface area contributed by atoms with Gasteiger partial charge in [0.2, 0.25) is 5.91 Å². The SMILES string of the molecule is Cc1ccc2c(c1)C(=O)N(CCC(=O)Nc1cc(C)nn1-c1ccc([N+](=O)[O-])cc1)C2=O. The molecule has 0 saturated heterocycles. The molecule has 0 fully saturated rings. The van der Waals surface area contributed by atoms with E-state index in [1.54, 1.807) is 31.2 Å². The van der Waals surface area contributed by atoms with Gasteiger partial charge in [0.05, 0.1) is 27.4 Å². The van der Waals surface area contributed by atoms with Crippen LogP contribution in [0.25, 0.3) is 5.69 Å². The zero-order valence-corrected chi connectivity index (χ0v) is 17.4. The number of amides is 3. The Balaban J connectivity index is 1.45. The number of nitro benzene ring substituents is 1. The van der Waals surface area contributed by atoms with Gasteiger partial charge in [-0.1, -0.05) is 11.6 Å². The molecule has 3 aromatic rings. The number of aryl methyl sites for hydroxylation is 2. The first-order chi connectivity index (χ1) is 15.2. The second-order valence-electron chi connectivity index (χ2n) is 7.47. The third kappa shape index (κ3) is 3.85. The van der Waals surface area contributed by atoms with E-state index in [0.29, 0.717) is 28.3 Å². The van der Waals surface area contributed by atoms with Gasteiger partial charge in [-0.3, -0.25) is 29.4 Å². The van der Waals surface area contributed by atoms with E-state index < -0.39 is 22.6 Å². The first-order valence-electron chi connectivity index (χ1n) is 9.83. The van der Waals surface area contributed by atoms with Gasteiger partial charge in [0.25, 0.3) is 17.5 Å². The lowest BCUT2D eigenvalue weighted by atomic mass is 10.1. The minimum Gasteiger partial charge on any atom is -0.311 e. The molecule has 0 spiro atoms. The highest BCUT2D eigenvalue weighted by molar-refractivity contribution is 6.21. The molecule has 10 nitrogen and oxygen atoms in total. The van der Waals surface area contributed by atoms with Crippen LogP contribution in [0, 0.1) is 24.0 Å². The van der Waals surface area contributed by atoms with Crippen molar-refractivity contribution in [2.45, 2.75) is 20.3 Å². The summed E-state index contributed by atoms with van der Waals surface area (Å²) in [5.74, 6) is -0.849. The number of hydrogen-bond donors (Lipinski definition) is 1. The van der Waals surface area contributed by atoms with Crippen LogP contribution in [0.3, 0.4) is 0 Å². The molecule has 0 saturated carbocycles. The molecule has 0 radical (unpaired) electrons. The molecule has 162 valence electrons. The Morgan fingerprint density at radius 2 is 1.72 bits per heavy atom. The van der Waals surface area contributed by atoms with Crippen molar-refractivity contribution < 1.29 is 19.3 Å². The second kappa shape index (κ2) is 8.06. The van der Waals surface area contributed by atoms with Crippen LogP contribution in [0.15, 0.2) is 48.5 Å². The van der Waals surface area contributed by atoms with E-state index in [9.17, 15) is 24.5 Å². The molecule has 4 rings (SSSR count). The Bertz CT molecular complexity index is 1260. The number of anilines is 1. The van der Waals surface area contributed by atoms with Gasteiger partial charge in [-0.2, -0.15) is 5.10 Å². The summed E-state index contributed by atoms with van der Waals surface area (Å²) in [7, 11) is 0. The Kier molecular flexibility index (Phi) is 5.27. The topological polar surface area (TPSA) is 127 Å². The summed E-state index contributed by atoms with van der Waals surface area (Å²) in [5.41, 5.74) is 2.68. The van der Waals surface area contributed by atoms with Gasteiger partial charge in [0.15, 0.2) is 0 Å². The smallest absolute Gasteiger partial charge is 0.269 e. The molecule has 1 aromatic heterocycles. The first-order valence-corrected chi connectivity index (χ1v) is 9.83. The molecule has 10 heteroatoms. The molecule has 1 N–H and O–H groups in total. The minimum absolute atomic E-state index is 0.0537. The average molecular weight is 433 g/mol. The molecular weight excluding hydrogens is 414 g/mol. The van der Waals surface area contributed by atoms with Crippen LogP contribution in [0.5, 0.6) is 0 Å². The van der Waals surface area contributed by atoms with E-state index in [1.165, 1.54) is 28.9 Å². The Hall–Kier alpha value is -4.34. The van der Waals surface area contributed by atoms with Crippen molar-refractivity contribution >= 4 is 29.2 Å². The van der Waals surface area contributed by atoms with Gasteiger partial charge < -0.3 is 5.32 Å². The van der Waals surface area contributed by atoms with E-state index in [4.69, 9.17) is 0 Å². The number of nitro groups is 1. The fraction of sp³-hybridized carbons (Fsp3) is 0.182. The highest BCUT2D eigenvalue weighted by Gasteiger charge is 2.35. The van der Waals surface area contributed by atoms with Gasteiger partial charge >= 0.3 is 0 Å². The summed E-state index contributed by atoms with van der Waals surface area (Å²) in [6.07, 6.45) is -0.0884. The fourth-order valence-electron chi connectivity index (χ4n) is 3.53. The number of imide groups is 1. The highest BCUT2D eigenvalue weighted by atomic mass is 16.6. The molecule has 2 heterocycles. The highest BCUT2D eigenvalue weighted by Crippen LogP contribution is 2.24. The Morgan fingerprint density at radius 3 is 2.41 bits per heavy atom. The predicted octanol–water partition coefficient (Wildman–Crippen LogP) is 3.02. The molecule has 1 aliphatic heterocycles. The van der Waals surface area contributed by atoms with Crippen molar-refractivity contribution in [1.29, 1.82) is 0 Å². The number of hydrogen-bond acceptors (Lipinski definition) is 6. The van der Waals surface area contributed by atoms with Gasteiger partial charge in [-0.15, -0.1) is 0 Å². The number of non-ortho nitro benzene ring substituents is 1. The van der Waals surface area contributed by atoms with Crippen LogP contribution in [0.1, 0.15) is 38.4 Å². The summed E-state index contributed by atoms with van der Waals surface area (Å²) >= 11 is 0. The minimum atomic E-state index is -0.499. The number of benzene rings is 2. The molecule has 0 atom stereocenters. The van der Waals surface area contributed by atoms with Crippen LogP contribution in [-0.4, -0.2) is 43.9 Å². The van der Waals surface area contributed by atoms with Crippen molar-refractivity contribution in [3.05, 3.63) is 81.0 Å². The number of carbonyl (C=O) groups is 3. The third-order valence-electron chi connectivity index (χ3n) is 5.09. The van der Waals surface area contributed by atoms with Crippen molar-refractivity contribution in [3.8, 4) is 5.69 Å². The maximum Gasteiger partial charge on any atom is 0.269 e. The van der Waals surface area contributed by atoms with E-state index in [-0.39, 0.29) is 18.7 Å². The molecule has 0 bridgehead atoms. The molecule has 0 aliphatic carbocycles. The molecule has 1 aliphatic rings. The normalized spacial score (nSPS) is 12.8. The van der Waals surface area contributed by atoms with E-state index in [2.05, 4.69) is 10.4 Å². The number of rotatable bonds is 6. The van der Waals surface area contributed by atoms with Crippen molar-refractivity contribution in [2.75, 3.05) is 11.9 Å². The molecule has 32 heavy (non-hydrogen) atoms. The van der Waals surface area contributed by atoms with E-state index in [1.807, 2.05) is 6.92 Å². The monoisotopic (exact) mass is 433 g/mol. The van der Waals surface area contributed by atoms with Crippen molar-refractivity contribution in [2.24, 2.45) is 0 Å². The summed E-state index contributed by atoms with van der Waals surface area (Å²) < 4.78 is 1.46. The van der Waals surface area contributed by atoms with Crippen LogP contribution in [-0.2, 0) is 4.79 Å². The summed E-state index contributed by atoms with van der Waals surface area (Å²) in [6.45, 7) is 3.53. The quantitative estimate of drug-likeness (QED) is 0.362. The lowest BCUT2D eigenvalue weighted by molar-refractivity contribution is -0.384. The van der Waals surface area contributed by atoms with Gasteiger partial charge in [-0.25, -0.2) is 4.68 Å². The lowest BCUT2D eigenvalue weighted by Gasteiger charge is -2.14. The standard InChI is InChI=1S/C22H19N5O5/c1-13-3-8-17-18(11-13)22(30)25(21(17)29)10-9-20(28)23-19-12-14(2)24-26(19)15-4-6-16(7-5-15)27(31)32/h3-8,11-12H,9-10H2,1-2H3,(H,23,28). The van der Waals surface area contributed by atoms with Crippen LogP contribution >= 0.6 is 0 Å². The zero-order valence-electron chi connectivity index (χ0n) is 17.4. The summed E-state index contributed by atoms with van der Waals surface area (Å²) in [6, 6.07) is 12.5. The van der Waals surface area contributed by atoms with E-state index in [0.717, 1.165) is 10.5 Å². The third-order valence-corrected chi connectivity index (χ3v) is 5.09. The number of fused-ring (bicyclic) bond motifs is 1.